The zero-order valence-electron chi connectivity index (χ0n) is 10.2. The number of rotatable bonds is 4. The van der Waals surface area contributed by atoms with Crippen molar-refractivity contribution < 1.29 is 4.79 Å². The summed E-state index contributed by atoms with van der Waals surface area (Å²) in [6.45, 7) is 3.68. The minimum absolute atomic E-state index is 0.139. The van der Waals surface area contributed by atoms with Gasteiger partial charge < -0.3 is 15.5 Å². The highest BCUT2D eigenvalue weighted by Crippen LogP contribution is 2.39. The maximum atomic E-state index is 11.9. The molecule has 2 aliphatic rings. The first kappa shape index (κ1) is 11.9. The fourth-order valence-electron chi connectivity index (χ4n) is 1.99. The van der Waals surface area contributed by atoms with Gasteiger partial charge in [-0.15, -0.1) is 0 Å². The van der Waals surface area contributed by atoms with Gasteiger partial charge in [-0.1, -0.05) is 0 Å². The van der Waals surface area contributed by atoms with E-state index in [2.05, 4.69) is 20.0 Å². The van der Waals surface area contributed by atoms with Crippen molar-refractivity contribution >= 4 is 22.6 Å². The van der Waals surface area contributed by atoms with Gasteiger partial charge >= 0.3 is 0 Å². The molecule has 1 amide bonds. The van der Waals surface area contributed by atoms with Crippen LogP contribution in [0.3, 0.4) is 0 Å². The summed E-state index contributed by atoms with van der Waals surface area (Å²) in [6, 6.07) is 0. The first-order valence-corrected chi connectivity index (χ1v) is 7.16. The van der Waals surface area contributed by atoms with Gasteiger partial charge in [-0.25, -0.2) is 4.98 Å². The summed E-state index contributed by atoms with van der Waals surface area (Å²) >= 11 is 1.35. The molecule has 98 valence electrons. The van der Waals surface area contributed by atoms with Gasteiger partial charge in [0.2, 0.25) is 11.0 Å². The van der Waals surface area contributed by atoms with Crippen molar-refractivity contribution in [3.8, 4) is 0 Å². The van der Waals surface area contributed by atoms with Crippen molar-refractivity contribution in [1.29, 1.82) is 0 Å². The Morgan fingerprint density at radius 3 is 2.94 bits per heavy atom. The standard InChI is InChI=1S/C11H17N5OS/c17-9(16-5-3-12-4-6-16)7-13-11-14-10(15-18-11)8-1-2-8/h8,12H,1-7H2,(H,13,14,15). The van der Waals surface area contributed by atoms with Crippen molar-refractivity contribution in [3.05, 3.63) is 5.82 Å². The number of aromatic nitrogens is 2. The first-order valence-electron chi connectivity index (χ1n) is 6.39. The van der Waals surface area contributed by atoms with Gasteiger partial charge in [0.25, 0.3) is 0 Å². The van der Waals surface area contributed by atoms with E-state index in [0.29, 0.717) is 12.5 Å². The SMILES string of the molecule is O=C(CNc1nc(C2CC2)ns1)N1CCNCC1. The van der Waals surface area contributed by atoms with Gasteiger partial charge in [0.1, 0.15) is 5.82 Å². The van der Waals surface area contributed by atoms with Crippen molar-refractivity contribution in [2.45, 2.75) is 18.8 Å². The number of piperazine rings is 1. The second kappa shape index (κ2) is 5.19. The maximum Gasteiger partial charge on any atom is 0.242 e. The van der Waals surface area contributed by atoms with Crippen LogP contribution in [0.1, 0.15) is 24.6 Å². The first-order chi connectivity index (χ1) is 8.83. The van der Waals surface area contributed by atoms with E-state index in [0.717, 1.165) is 37.1 Å². The Morgan fingerprint density at radius 2 is 2.22 bits per heavy atom. The van der Waals surface area contributed by atoms with Gasteiger partial charge in [0.05, 0.1) is 6.54 Å². The molecule has 0 bridgehead atoms. The molecule has 1 saturated carbocycles. The van der Waals surface area contributed by atoms with Crippen LogP contribution in [0.4, 0.5) is 5.13 Å². The Bertz CT molecular complexity index is 425. The molecule has 2 fully saturated rings. The Balaban J connectivity index is 1.48. The molecule has 0 spiro atoms. The molecule has 1 aromatic heterocycles. The number of carbonyl (C=O) groups excluding carboxylic acids is 1. The average Bonchev–Trinajstić information content (AvgIpc) is 3.16. The molecular formula is C11H17N5OS. The molecule has 0 unspecified atom stereocenters. The van der Waals surface area contributed by atoms with E-state index in [9.17, 15) is 4.79 Å². The number of hydrogen-bond acceptors (Lipinski definition) is 6. The minimum atomic E-state index is 0.139. The molecule has 1 aromatic rings. The summed E-state index contributed by atoms with van der Waals surface area (Å²) in [7, 11) is 0. The van der Waals surface area contributed by atoms with Crippen LogP contribution in [-0.2, 0) is 4.79 Å². The third-order valence-corrected chi connectivity index (χ3v) is 3.93. The van der Waals surface area contributed by atoms with Crippen LogP contribution >= 0.6 is 11.5 Å². The number of anilines is 1. The molecule has 1 saturated heterocycles. The highest BCUT2D eigenvalue weighted by molar-refractivity contribution is 7.09. The zero-order valence-corrected chi connectivity index (χ0v) is 11.0. The lowest BCUT2D eigenvalue weighted by Crippen LogP contribution is -2.48. The second-order valence-corrected chi connectivity index (χ2v) is 5.47. The highest BCUT2D eigenvalue weighted by atomic mass is 32.1. The lowest BCUT2D eigenvalue weighted by Gasteiger charge is -2.27. The normalized spacial score (nSPS) is 19.9. The van der Waals surface area contributed by atoms with Crippen LogP contribution in [0.15, 0.2) is 0 Å². The van der Waals surface area contributed by atoms with E-state index in [4.69, 9.17) is 0 Å². The molecule has 18 heavy (non-hydrogen) atoms. The lowest BCUT2D eigenvalue weighted by molar-refractivity contribution is -0.129. The third-order valence-electron chi connectivity index (χ3n) is 3.24. The maximum absolute atomic E-state index is 11.9. The summed E-state index contributed by atoms with van der Waals surface area (Å²) < 4.78 is 4.30. The van der Waals surface area contributed by atoms with Crippen molar-refractivity contribution in [2.75, 3.05) is 38.0 Å². The number of nitrogens with zero attached hydrogens (tertiary/aromatic N) is 3. The largest absolute Gasteiger partial charge is 0.351 e. The number of amides is 1. The molecule has 6 nitrogen and oxygen atoms in total. The van der Waals surface area contributed by atoms with E-state index in [1.165, 1.54) is 24.4 Å². The van der Waals surface area contributed by atoms with Crippen LogP contribution in [0.2, 0.25) is 0 Å². The van der Waals surface area contributed by atoms with Crippen molar-refractivity contribution in [1.82, 2.24) is 19.6 Å². The van der Waals surface area contributed by atoms with Crippen LogP contribution in [0, 0.1) is 0 Å². The molecule has 0 aromatic carbocycles. The van der Waals surface area contributed by atoms with E-state index in [1.807, 2.05) is 4.90 Å². The Morgan fingerprint density at radius 1 is 1.44 bits per heavy atom. The van der Waals surface area contributed by atoms with Gasteiger partial charge in [-0.2, -0.15) is 4.37 Å². The molecule has 7 heteroatoms. The smallest absolute Gasteiger partial charge is 0.242 e. The Hall–Kier alpha value is -1.21. The fourth-order valence-corrected chi connectivity index (χ4v) is 2.63. The van der Waals surface area contributed by atoms with Gasteiger partial charge in [-0.3, -0.25) is 4.79 Å². The number of hydrogen-bond donors (Lipinski definition) is 2. The fraction of sp³-hybridized carbons (Fsp3) is 0.727. The summed E-state index contributed by atoms with van der Waals surface area (Å²) in [5.74, 6) is 1.65. The van der Waals surface area contributed by atoms with Gasteiger partial charge in [0.15, 0.2) is 0 Å². The zero-order chi connectivity index (χ0) is 12.4. The second-order valence-electron chi connectivity index (χ2n) is 4.72. The van der Waals surface area contributed by atoms with E-state index < -0.39 is 0 Å². The molecular weight excluding hydrogens is 250 g/mol. The summed E-state index contributed by atoms with van der Waals surface area (Å²) in [5.41, 5.74) is 0. The molecule has 0 atom stereocenters. The summed E-state index contributed by atoms with van der Waals surface area (Å²) in [4.78, 5) is 18.2. The highest BCUT2D eigenvalue weighted by Gasteiger charge is 2.27. The number of nitrogens with one attached hydrogen (secondary N) is 2. The quantitative estimate of drug-likeness (QED) is 0.819. The van der Waals surface area contributed by atoms with Crippen molar-refractivity contribution in [2.24, 2.45) is 0 Å². The average molecular weight is 267 g/mol. The molecule has 2 N–H and O–H groups in total. The third kappa shape index (κ3) is 2.78. The summed E-state index contributed by atoms with van der Waals surface area (Å²) in [6.07, 6.45) is 2.41. The Kier molecular flexibility index (Phi) is 3.42. The van der Waals surface area contributed by atoms with Gasteiger partial charge in [0, 0.05) is 43.6 Å². The molecule has 1 aliphatic heterocycles. The molecule has 0 radical (unpaired) electrons. The van der Waals surface area contributed by atoms with Gasteiger partial charge in [-0.05, 0) is 12.8 Å². The predicted octanol–water partition coefficient (Wildman–Crippen LogP) is 0.259. The van der Waals surface area contributed by atoms with E-state index >= 15 is 0 Å². The van der Waals surface area contributed by atoms with E-state index in [1.54, 1.807) is 0 Å². The van der Waals surface area contributed by atoms with Crippen LogP contribution in [0.25, 0.3) is 0 Å². The van der Waals surface area contributed by atoms with E-state index in [-0.39, 0.29) is 5.91 Å². The van der Waals surface area contributed by atoms with Crippen molar-refractivity contribution in [3.63, 3.8) is 0 Å². The molecule has 2 heterocycles. The monoisotopic (exact) mass is 267 g/mol. The van der Waals surface area contributed by atoms with Crippen LogP contribution in [-0.4, -0.2) is 52.9 Å². The Labute approximate surface area is 110 Å². The molecule has 3 rings (SSSR count). The topological polar surface area (TPSA) is 70.2 Å². The predicted molar refractivity (Wildman–Crippen MR) is 69.8 cm³/mol. The van der Waals surface area contributed by atoms with Crippen LogP contribution < -0.4 is 10.6 Å². The van der Waals surface area contributed by atoms with Crippen LogP contribution in [0.5, 0.6) is 0 Å². The number of carbonyl (C=O) groups is 1. The summed E-state index contributed by atoms with van der Waals surface area (Å²) in [5, 5.41) is 7.07. The lowest BCUT2D eigenvalue weighted by atomic mass is 10.3. The molecule has 1 aliphatic carbocycles. The minimum Gasteiger partial charge on any atom is -0.351 e.